The molecule has 2 aromatic carbocycles. The summed E-state index contributed by atoms with van der Waals surface area (Å²) in [6.45, 7) is 5.59. The predicted molar refractivity (Wildman–Crippen MR) is 98.7 cm³/mol. The topological polar surface area (TPSA) is 81.7 Å². The van der Waals surface area contributed by atoms with E-state index in [1.165, 1.54) is 12.1 Å². The second-order valence-electron chi connectivity index (χ2n) is 6.33. The number of nitrogens with one attached hydrogen (secondary N) is 1. The summed E-state index contributed by atoms with van der Waals surface area (Å²) in [5.74, 6) is 0.370. The van der Waals surface area contributed by atoms with Gasteiger partial charge in [0.05, 0.1) is 10.7 Å². The van der Waals surface area contributed by atoms with Crippen molar-refractivity contribution in [3.8, 4) is 11.5 Å². The maximum absolute atomic E-state index is 12.8. The van der Waals surface area contributed by atoms with Crippen LogP contribution in [0.2, 0.25) is 5.02 Å². The van der Waals surface area contributed by atoms with Gasteiger partial charge >= 0.3 is 10.1 Å². The molecule has 1 aliphatic rings. The number of hydrogen-bond acceptors (Lipinski definition) is 5. The molecule has 0 aromatic heterocycles. The van der Waals surface area contributed by atoms with Crippen LogP contribution in [0.4, 0.5) is 5.69 Å². The Kier molecular flexibility index (Phi) is 4.86. The normalized spacial score (nSPS) is 13.8. The van der Waals surface area contributed by atoms with Crippen LogP contribution in [-0.2, 0) is 14.9 Å². The minimum Gasteiger partial charge on any atom is -0.482 e. The van der Waals surface area contributed by atoms with Crippen molar-refractivity contribution >= 4 is 33.3 Å². The molecule has 138 valence electrons. The lowest BCUT2D eigenvalue weighted by atomic mass is 10.0. The molecule has 0 spiro atoms. The summed E-state index contributed by atoms with van der Waals surface area (Å²) in [4.78, 5) is 11.1. The fourth-order valence-corrected chi connectivity index (χ4v) is 4.00. The largest absolute Gasteiger partial charge is 0.482 e. The van der Waals surface area contributed by atoms with Crippen LogP contribution in [0.3, 0.4) is 0 Å². The summed E-state index contributed by atoms with van der Waals surface area (Å²) >= 11 is 6.12. The molecule has 1 aliphatic heterocycles. The molecule has 6 nitrogen and oxygen atoms in total. The van der Waals surface area contributed by atoms with Gasteiger partial charge in [0.1, 0.15) is 16.4 Å². The Labute approximate surface area is 157 Å². The first-order valence-electron chi connectivity index (χ1n) is 7.98. The first-order valence-corrected chi connectivity index (χ1v) is 9.77. The fourth-order valence-electron chi connectivity index (χ4n) is 2.50. The molecular formula is C18H18ClNO5S. The van der Waals surface area contributed by atoms with Crippen LogP contribution in [0.15, 0.2) is 35.2 Å². The van der Waals surface area contributed by atoms with Crippen molar-refractivity contribution in [2.45, 2.75) is 31.6 Å². The van der Waals surface area contributed by atoms with Crippen molar-refractivity contribution in [2.24, 2.45) is 0 Å². The number of amides is 1. The van der Waals surface area contributed by atoms with E-state index in [9.17, 15) is 13.2 Å². The molecule has 8 heteroatoms. The van der Waals surface area contributed by atoms with Gasteiger partial charge in [-0.1, -0.05) is 37.6 Å². The van der Waals surface area contributed by atoms with Crippen LogP contribution in [0.25, 0.3) is 0 Å². The van der Waals surface area contributed by atoms with Crippen molar-refractivity contribution in [1.29, 1.82) is 0 Å². The Bertz CT molecular complexity index is 985. The number of hydrogen-bond donors (Lipinski definition) is 1. The zero-order valence-electron chi connectivity index (χ0n) is 14.5. The monoisotopic (exact) mass is 395 g/mol. The fraction of sp³-hybridized carbons (Fsp3) is 0.278. The van der Waals surface area contributed by atoms with Gasteiger partial charge in [-0.05, 0) is 36.1 Å². The van der Waals surface area contributed by atoms with Gasteiger partial charge < -0.3 is 14.2 Å². The highest BCUT2D eigenvalue weighted by molar-refractivity contribution is 7.87. The highest BCUT2D eigenvalue weighted by atomic mass is 35.5. The van der Waals surface area contributed by atoms with Gasteiger partial charge in [-0.3, -0.25) is 4.79 Å². The van der Waals surface area contributed by atoms with Gasteiger partial charge in [0.25, 0.3) is 5.91 Å². The molecule has 0 radical (unpaired) electrons. The Morgan fingerprint density at radius 3 is 2.65 bits per heavy atom. The van der Waals surface area contributed by atoms with Crippen molar-refractivity contribution in [2.75, 3.05) is 11.9 Å². The van der Waals surface area contributed by atoms with Gasteiger partial charge in [-0.15, -0.1) is 0 Å². The summed E-state index contributed by atoms with van der Waals surface area (Å²) in [6.07, 6.45) is 0. The van der Waals surface area contributed by atoms with Crippen molar-refractivity contribution in [1.82, 2.24) is 0 Å². The van der Waals surface area contributed by atoms with E-state index < -0.39 is 10.1 Å². The second kappa shape index (κ2) is 6.81. The van der Waals surface area contributed by atoms with Crippen LogP contribution in [-0.4, -0.2) is 20.9 Å². The van der Waals surface area contributed by atoms with Gasteiger partial charge in [0, 0.05) is 6.07 Å². The minimum atomic E-state index is -4.18. The van der Waals surface area contributed by atoms with Gasteiger partial charge in [0.15, 0.2) is 6.61 Å². The van der Waals surface area contributed by atoms with Crippen molar-refractivity contribution in [3.63, 3.8) is 0 Å². The maximum Gasteiger partial charge on any atom is 0.340 e. The quantitative estimate of drug-likeness (QED) is 0.794. The third-order valence-electron chi connectivity index (χ3n) is 4.01. The number of carbonyl (C=O) groups excluding carboxylic acids is 1. The van der Waals surface area contributed by atoms with Gasteiger partial charge in [-0.25, -0.2) is 0 Å². The standard InChI is InChI=1S/C18H18ClNO5S/c1-10(2)12-5-4-11(3)15(6-12)25-26(22,23)17-8-16-14(7-13(17)19)20-18(21)9-24-16/h4-8,10H,9H2,1-3H3,(H,20,21). The SMILES string of the molecule is Cc1ccc(C(C)C)cc1OS(=O)(=O)c1cc2c(cc1Cl)NC(=O)CO2. The number of fused-ring (bicyclic) bond motifs is 1. The average Bonchev–Trinajstić information content (AvgIpc) is 2.55. The molecule has 2 aromatic rings. The number of rotatable bonds is 4. The molecule has 0 saturated heterocycles. The molecule has 1 N–H and O–H groups in total. The summed E-state index contributed by atoms with van der Waals surface area (Å²) in [5.41, 5.74) is 1.97. The van der Waals surface area contributed by atoms with Crippen LogP contribution in [0.1, 0.15) is 30.9 Å². The highest BCUT2D eigenvalue weighted by Gasteiger charge is 2.26. The average molecular weight is 396 g/mol. The van der Waals surface area contributed by atoms with Crippen molar-refractivity contribution in [3.05, 3.63) is 46.5 Å². The zero-order chi connectivity index (χ0) is 19.1. The van der Waals surface area contributed by atoms with E-state index in [0.29, 0.717) is 11.3 Å². The molecular weight excluding hydrogens is 378 g/mol. The van der Waals surface area contributed by atoms with Crippen molar-refractivity contribution < 1.29 is 22.1 Å². The molecule has 0 bridgehead atoms. The third-order valence-corrected chi connectivity index (χ3v) is 5.71. The summed E-state index contributed by atoms with van der Waals surface area (Å²) < 4.78 is 36.1. The number of carbonyl (C=O) groups is 1. The number of ether oxygens (including phenoxy) is 1. The molecule has 1 amide bonds. The van der Waals surface area contributed by atoms with Gasteiger partial charge in [-0.2, -0.15) is 8.42 Å². The molecule has 0 atom stereocenters. The van der Waals surface area contributed by atoms with E-state index in [1.807, 2.05) is 26.0 Å². The van der Waals surface area contributed by atoms with E-state index in [-0.39, 0.29) is 39.8 Å². The smallest absolute Gasteiger partial charge is 0.340 e. The van der Waals surface area contributed by atoms with E-state index in [1.54, 1.807) is 13.0 Å². The number of halogens is 1. The third kappa shape index (κ3) is 3.64. The van der Waals surface area contributed by atoms with Gasteiger partial charge in [0.2, 0.25) is 0 Å². The van der Waals surface area contributed by atoms with Crippen LogP contribution < -0.4 is 14.2 Å². The van der Waals surface area contributed by atoms with E-state index in [4.69, 9.17) is 20.5 Å². The lowest BCUT2D eigenvalue weighted by Gasteiger charge is -2.19. The number of anilines is 1. The Morgan fingerprint density at radius 2 is 1.96 bits per heavy atom. The predicted octanol–water partition coefficient (Wildman–Crippen LogP) is 3.87. The molecule has 0 aliphatic carbocycles. The molecule has 26 heavy (non-hydrogen) atoms. The highest BCUT2D eigenvalue weighted by Crippen LogP contribution is 2.37. The molecule has 0 saturated carbocycles. The number of aryl methyl sites for hydroxylation is 1. The summed E-state index contributed by atoms with van der Waals surface area (Å²) in [5, 5.41) is 2.51. The van der Waals surface area contributed by atoms with E-state index in [0.717, 1.165) is 5.56 Å². The molecule has 0 unspecified atom stereocenters. The van der Waals surface area contributed by atoms with Crippen LogP contribution in [0.5, 0.6) is 11.5 Å². The Hall–Kier alpha value is -2.25. The minimum absolute atomic E-state index is 0.0628. The first kappa shape index (κ1) is 18.5. The Morgan fingerprint density at radius 1 is 1.23 bits per heavy atom. The maximum atomic E-state index is 12.8. The Balaban J connectivity index is 1.99. The summed E-state index contributed by atoms with van der Waals surface area (Å²) in [6, 6.07) is 8.05. The number of benzene rings is 2. The zero-order valence-corrected chi connectivity index (χ0v) is 16.1. The molecule has 0 fully saturated rings. The van der Waals surface area contributed by atoms with Crippen LogP contribution >= 0.6 is 11.6 Å². The summed E-state index contributed by atoms with van der Waals surface area (Å²) in [7, 11) is -4.18. The molecule has 3 rings (SSSR count). The first-order chi connectivity index (χ1) is 12.2. The molecule has 1 heterocycles. The second-order valence-corrected chi connectivity index (χ2v) is 8.25. The lowest BCUT2D eigenvalue weighted by Crippen LogP contribution is -2.25. The lowest BCUT2D eigenvalue weighted by molar-refractivity contribution is -0.118. The van der Waals surface area contributed by atoms with Crippen LogP contribution in [0, 0.1) is 6.92 Å². The van der Waals surface area contributed by atoms with E-state index in [2.05, 4.69) is 5.32 Å². The van der Waals surface area contributed by atoms with E-state index >= 15 is 0 Å².